The number of halogens is 1. The Morgan fingerprint density at radius 3 is 2.47 bits per heavy atom. The Kier molecular flexibility index (Phi) is 6.97. The molecule has 1 aliphatic heterocycles. The topological polar surface area (TPSA) is 54.0 Å². The number of esters is 1. The summed E-state index contributed by atoms with van der Waals surface area (Å²) in [7, 11) is 4.66. The van der Waals surface area contributed by atoms with E-state index in [9.17, 15) is 9.18 Å². The van der Waals surface area contributed by atoms with Crippen molar-refractivity contribution in [3.8, 4) is 22.6 Å². The molecule has 3 aromatic carbocycles. The van der Waals surface area contributed by atoms with Crippen molar-refractivity contribution in [3.63, 3.8) is 0 Å². The molecule has 5 rings (SSSR count). The Hall–Kier alpha value is -3.38. The highest BCUT2D eigenvalue weighted by Crippen LogP contribution is 2.46. The monoisotopic (exact) mass is 490 g/mol. The zero-order valence-corrected chi connectivity index (χ0v) is 20.8. The lowest BCUT2D eigenvalue weighted by molar-refractivity contribution is -0.141. The van der Waals surface area contributed by atoms with Crippen molar-refractivity contribution in [3.05, 3.63) is 83.2 Å². The van der Waals surface area contributed by atoms with Crippen molar-refractivity contribution < 1.29 is 28.1 Å². The van der Waals surface area contributed by atoms with E-state index in [4.69, 9.17) is 18.9 Å². The molecule has 2 aliphatic rings. The number of benzene rings is 3. The van der Waals surface area contributed by atoms with Crippen molar-refractivity contribution in [1.29, 1.82) is 0 Å². The molecule has 1 saturated carbocycles. The predicted octanol–water partition coefficient (Wildman–Crippen LogP) is 6.25. The summed E-state index contributed by atoms with van der Waals surface area (Å²) >= 11 is 0. The fourth-order valence-electron chi connectivity index (χ4n) is 5.21. The minimum atomic E-state index is -0.433. The van der Waals surface area contributed by atoms with Crippen LogP contribution in [0.4, 0.5) is 4.39 Å². The second-order valence-corrected chi connectivity index (χ2v) is 9.59. The third-order valence-corrected chi connectivity index (χ3v) is 7.39. The first-order valence-corrected chi connectivity index (χ1v) is 12.3. The Morgan fingerprint density at radius 2 is 1.81 bits per heavy atom. The van der Waals surface area contributed by atoms with Gasteiger partial charge >= 0.3 is 5.97 Å². The molecule has 0 amide bonds. The maximum absolute atomic E-state index is 14.5. The van der Waals surface area contributed by atoms with Crippen LogP contribution in [0.2, 0.25) is 0 Å². The van der Waals surface area contributed by atoms with Crippen LogP contribution in [0.25, 0.3) is 11.1 Å². The average molecular weight is 491 g/mol. The van der Waals surface area contributed by atoms with Gasteiger partial charge in [-0.25, -0.2) is 4.39 Å². The van der Waals surface area contributed by atoms with Gasteiger partial charge in [0.2, 0.25) is 6.29 Å². The Labute approximate surface area is 211 Å². The van der Waals surface area contributed by atoms with E-state index in [0.29, 0.717) is 23.7 Å². The van der Waals surface area contributed by atoms with Gasteiger partial charge in [-0.2, -0.15) is 0 Å². The highest BCUT2D eigenvalue weighted by atomic mass is 19.1. The summed E-state index contributed by atoms with van der Waals surface area (Å²) in [6, 6.07) is 18.8. The first kappa shape index (κ1) is 24.3. The van der Waals surface area contributed by atoms with Gasteiger partial charge in [0.25, 0.3) is 0 Å². The van der Waals surface area contributed by atoms with E-state index in [1.807, 2.05) is 30.3 Å². The minimum absolute atomic E-state index is 0.0260. The second kappa shape index (κ2) is 10.3. The van der Waals surface area contributed by atoms with Crippen LogP contribution in [-0.2, 0) is 20.7 Å². The molecule has 1 heterocycles. The largest absolute Gasteiger partial charge is 0.497 e. The van der Waals surface area contributed by atoms with Gasteiger partial charge in [0.05, 0.1) is 26.6 Å². The highest BCUT2D eigenvalue weighted by molar-refractivity contribution is 5.70. The quantitative estimate of drug-likeness (QED) is 0.350. The third-order valence-electron chi connectivity index (χ3n) is 7.39. The maximum Gasteiger partial charge on any atom is 0.306 e. The van der Waals surface area contributed by atoms with Gasteiger partial charge in [0, 0.05) is 12.7 Å². The van der Waals surface area contributed by atoms with Crippen LogP contribution >= 0.6 is 0 Å². The highest BCUT2D eigenvalue weighted by Gasteiger charge is 2.36. The van der Waals surface area contributed by atoms with Crippen LogP contribution < -0.4 is 9.47 Å². The van der Waals surface area contributed by atoms with E-state index in [-0.39, 0.29) is 23.6 Å². The van der Waals surface area contributed by atoms with Gasteiger partial charge < -0.3 is 18.9 Å². The van der Waals surface area contributed by atoms with E-state index < -0.39 is 6.29 Å². The van der Waals surface area contributed by atoms with Crippen molar-refractivity contribution >= 4 is 5.97 Å². The number of carbonyl (C=O) groups excluding carboxylic acids is 1. The molecule has 5 nitrogen and oxygen atoms in total. The standard InChI is InChI=1S/C30H31FO5/c1-33-23-11-12-27(31)25(16-23)19-6-8-20(9-7-19)26-15-22-14-21(10-13-28(22)36-30(26)35-3)24(18-4-5-18)17-29(32)34-2/h6-14,16,18,24,26,30H,4-5,15,17H2,1-3H3. The molecule has 3 aromatic rings. The van der Waals surface area contributed by atoms with Crippen LogP contribution in [0.15, 0.2) is 60.7 Å². The molecular weight excluding hydrogens is 459 g/mol. The van der Waals surface area contributed by atoms with E-state index in [0.717, 1.165) is 47.3 Å². The molecule has 0 N–H and O–H groups in total. The summed E-state index contributed by atoms with van der Waals surface area (Å²) in [5, 5.41) is 0. The van der Waals surface area contributed by atoms with Crippen molar-refractivity contribution in [2.45, 2.75) is 43.8 Å². The van der Waals surface area contributed by atoms with Gasteiger partial charge in [-0.1, -0.05) is 36.4 Å². The first-order chi connectivity index (χ1) is 17.5. The van der Waals surface area contributed by atoms with Crippen molar-refractivity contribution in [2.75, 3.05) is 21.3 Å². The molecule has 3 unspecified atom stereocenters. The lowest BCUT2D eigenvalue weighted by Crippen LogP contribution is -2.33. The van der Waals surface area contributed by atoms with Crippen LogP contribution in [0.1, 0.15) is 47.8 Å². The molecule has 0 aromatic heterocycles. The molecule has 6 heteroatoms. The average Bonchev–Trinajstić information content (AvgIpc) is 3.76. The fraction of sp³-hybridized carbons (Fsp3) is 0.367. The molecule has 1 aliphatic carbocycles. The third kappa shape index (κ3) is 4.96. The number of rotatable bonds is 8. The minimum Gasteiger partial charge on any atom is -0.497 e. The van der Waals surface area contributed by atoms with E-state index in [2.05, 4.69) is 12.1 Å². The zero-order chi connectivity index (χ0) is 25.2. The van der Waals surface area contributed by atoms with Crippen molar-refractivity contribution in [2.24, 2.45) is 5.92 Å². The van der Waals surface area contributed by atoms with E-state index >= 15 is 0 Å². The van der Waals surface area contributed by atoms with Crippen LogP contribution in [0.5, 0.6) is 11.5 Å². The summed E-state index contributed by atoms with van der Waals surface area (Å²) in [5.41, 5.74) is 4.58. The summed E-state index contributed by atoms with van der Waals surface area (Å²) in [5.74, 6) is 1.62. The predicted molar refractivity (Wildman–Crippen MR) is 135 cm³/mol. The SMILES string of the molecule is COC(=O)CC(c1ccc2c(c1)CC(c1ccc(-c3cc(OC)ccc3F)cc1)C(OC)O2)C1CC1. The smallest absolute Gasteiger partial charge is 0.306 e. The van der Waals surface area contributed by atoms with E-state index in [1.54, 1.807) is 26.4 Å². The molecule has 0 radical (unpaired) electrons. The number of fused-ring (bicyclic) bond motifs is 1. The molecule has 0 bridgehead atoms. The molecule has 36 heavy (non-hydrogen) atoms. The number of carbonyl (C=O) groups is 1. The van der Waals surface area contributed by atoms with Crippen molar-refractivity contribution in [1.82, 2.24) is 0 Å². The number of hydrogen-bond acceptors (Lipinski definition) is 5. The van der Waals surface area contributed by atoms with E-state index in [1.165, 1.54) is 13.2 Å². The van der Waals surface area contributed by atoms with Gasteiger partial charge in [-0.3, -0.25) is 4.79 Å². The fourth-order valence-corrected chi connectivity index (χ4v) is 5.21. The van der Waals surface area contributed by atoms with Gasteiger partial charge in [0.15, 0.2) is 0 Å². The Morgan fingerprint density at radius 1 is 1.03 bits per heavy atom. The Balaban J connectivity index is 1.41. The van der Waals surface area contributed by atoms with Gasteiger partial charge in [-0.15, -0.1) is 0 Å². The maximum atomic E-state index is 14.5. The molecule has 1 fully saturated rings. The summed E-state index contributed by atoms with van der Waals surface area (Å²) in [6.07, 6.45) is 2.99. The first-order valence-electron chi connectivity index (χ1n) is 12.3. The molecular formula is C30H31FO5. The summed E-state index contributed by atoms with van der Waals surface area (Å²) in [6.45, 7) is 0. The van der Waals surface area contributed by atoms with Crippen LogP contribution in [-0.4, -0.2) is 33.6 Å². The van der Waals surface area contributed by atoms with Gasteiger partial charge in [-0.05, 0) is 77.6 Å². The normalized spacial score (nSPS) is 19.7. The Bertz CT molecular complexity index is 1230. The number of hydrogen-bond donors (Lipinski definition) is 0. The molecule has 188 valence electrons. The molecule has 0 spiro atoms. The van der Waals surface area contributed by atoms with Gasteiger partial charge in [0.1, 0.15) is 17.3 Å². The van der Waals surface area contributed by atoms with Crippen LogP contribution in [0, 0.1) is 11.7 Å². The second-order valence-electron chi connectivity index (χ2n) is 9.59. The molecule has 3 atom stereocenters. The number of ether oxygens (including phenoxy) is 4. The zero-order valence-electron chi connectivity index (χ0n) is 20.8. The lowest BCUT2D eigenvalue weighted by atomic mass is 9.84. The number of methoxy groups -OCH3 is 3. The summed E-state index contributed by atoms with van der Waals surface area (Å²) in [4.78, 5) is 12.0. The lowest BCUT2D eigenvalue weighted by Gasteiger charge is -2.33. The van der Waals surface area contributed by atoms with Crippen LogP contribution in [0.3, 0.4) is 0 Å². The molecule has 0 saturated heterocycles. The summed E-state index contributed by atoms with van der Waals surface area (Å²) < 4.78 is 36.6.